The molecule has 0 saturated heterocycles. The Balaban J connectivity index is 2.02. The summed E-state index contributed by atoms with van der Waals surface area (Å²) in [5.74, 6) is 0.540. The van der Waals surface area contributed by atoms with Crippen molar-refractivity contribution in [2.75, 3.05) is 19.7 Å². The van der Waals surface area contributed by atoms with Crippen molar-refractivity contribution in [2.24, 2.45) is 0 Å². The fraction of sp³-hybridized carbons (Fsp3) is 0.389. The summed E-state index contributed by atoms with van der Waals surface area (Å²) in [5, 5.41) is 0. The van der Waals surface area contributed by atoms with Gasteiger partial charge in [0.15, 0.2) is 0 Å². The number of hydrogen-bond donors (Lipinski definition) is 0. The first kappa shape index (κ1) is 16.9. The molecule has 5 heteroatoms. The second-order valence-electron chi connectivity index (χ2n) is 5.18. The number of pyridine rings is 2. The molecule has 2 aromatic rings. The van der Waals surface area contributed by atoms with Gasteiger partial charge in [-0.05, 0) is 31.5 Å². The highest BCUT2D eigenvalue weighted by Crippen LogP contribution is 2.11. The van der Waals surface area contributed by atoms with E-state index in [1.54, 1.807) is 24.5 Å². The molecule has 23 heavy (non-hydrogen) atoms. The van der Waals surface area contributed by atoms with Crippen molar-refractivity contribution in [3.8, 4) is 5.88 Å². The molecule has 0 atom stereocenters. The van der Waals surface area contributed by atoms with Crippen molar-refractivity contribution < 1.29 is 9.53 Å². The molecule has 0 spiro atoms. The lowest BCUT2D eigenvalue weighted by Crippen LogP contribution is -2.33. The number of aromatic nitrogens is 2. The number of rotatable bonds is 8. The van der Waals surface area contributed by atoms with Crippen LogP contribution in [0.3, 0.4) is 0 Å². The van der Waals surface area contributed by atoms with Gasteiger partial charge in [-0.25, -0.2) is 4.98 Å². The van der Waals surface area contributed by atoms with Crippen molar-refractivity contribution >= 4 is 5.91 Å². The van der Waals surface area contributed by atoms with Crippen molar-refractivity contribution in [2.45, 2.75) is 26.7 Å². The fourth-order valence-corrected chi connectivity index (χ4v) is 2.30. The SMILES string of the molecule is CCCN(CCc1ccccn1)C(=O)c1ccc(OCC)nc1. The minimum Gasteiger partial charge on any atom is -0.478 e. The predicted molar refractivity (Wildman–Crippen MR) is 89.5 cm³/mol. The van der Waals surface area contributed by atoms with Gasteiger partial charge in [-0.15, -0.1) is 0 Å². The molecule has 0 bridgehead atoms. The van der Waals surface area contributed by atoms with Gasteiger partial charge in [-0.3, -0.25) is 9.78 Å². The summed E-state index contributed by atoms with van der Waals surface area (Å²) in [5.41, 5.74) is 1.58. The van der Waals surface area contributed by atoms with Gasteiger partial charge in [-0.1, -0.05) is 13.0 Å². The van der Waals surface area contributed by atoms with Crippen LogP contribution in [-0.2, 0) is 6.42 Å². The van der Waals surface area contributed by atoms with E-state index in [1.807, 2.05) is 30.0 Å². The maximum Gasteiger partial charge on any atom is 0.255 e. The van der Waals surface area contributed by atoms with Crippen LogP contribution in [0.25, 0.3) is 0 Å². The molecule has 0 N–H and O–H groups in total. The first-order chi connectivity index (χ1) is 11.2. The van der Waals surface area contributed by atoms with Crippen LogP contribution in [0.1, 0.15) is 36.3 Å². The van der Waals surface area contributed by atoms with E-state index < -0.39 is 0 Å². The largest absolute Gasteiger partial charge is 0.478 e. The van der Waals surface area contributed by atoms with Gasteiger partial charge >= 0.3 is 0 Å². The molecular formula is C18H23N3O2. The van der Waals surface area contributed by atoms with E-state index in [0.29, 0.717) is 24.6 Å². The predicted octanol–water partition coefficient (Wildman–Crippen LogP) is 2.97. The zero-order chi connectivity index (χ0) is 16.5. The molecule has 0 fully saturated rings. The topological polar surface area (TPSA) is 55.3 Å². The van der Waals surface area contributed by atoms with E-state index >= 15 is 0 Å². The minimum absolute atomic E-state index is 0.00155. The number of hydrogen-bond acceptors (Lipinski definition) is 4. The molecule has 2 rings (SSSR count). The zero-order valence-electron chi connectivity index (χ0n) is 13.7. The Morgan fingerprint density at radius 3 is 2.61 bits per heavy atom. The van der Waals surface area contributed by atoms with Crippen LogP contribution in [0.15, 0.2) is 42.7 Å². The van der Waals surface area contributed by atoms with Crippen molar-refractivity contribution in [3.63, 3.8) is 0 Å². The molecule has 0 saturated carbocycles. The van der Waals surface area contributed by atoms with Gasteiger partial charge in [-0.2, -0.15) is 0 Å². The monoisotopic (exact) mass is 313 g/mol. The number of amides is 1. The van der Waals surface area contributed by atoms with Gasteiger partial charge in [0.05, 0.1) is 12.2 Å². The molecule has 0 aliphatic carbocycles. The van der Waals surface area contributed by atoms with Gasteiger partial charge in [0.25, 0.3) is 5.91 Å². The normalized spacial score (nSPS) is 10.3. The summed E-state index contributed by atoms with van der Waals surface area (Å²) < 4.78 is 5.31. The van der Waals surface area contributed by atoms with E-state index in [0.717, 1.165) is 25.1 Å². The third-order valence-electron chi connectivity index (χ3n) is 3.42. The molecule has 0 aliphatic rings. The second kappa shape index (κ2) is 8.88. The van der Waals surface area contributed by atoms with Crippen LogP contribution in [-0.4, -0.2) is 40.5 Å². The van der Waals surface area contributed by atoms with Crippen LogP contribution >= 0.6 is 0 Å². The molecule has 0 aliphatic heterocycles. The maximum atomic E-state index is 12.6. The average molecular weight is 313 g/mol. The third kappa shape index (κ3) is 5.06. The summed E-state index contributed by atoms with van der Waals surface area (Å²) in [6, 6.07) is 9.34. The van der Waals surface area contributed by atoms with E-state index in [1.165, 1.54) is 0 Å². The first-order valence-electron chi connectivity index (χ1n) is 8.02. The lowest BCUT2D eigenvalue weighted by Gasteiger charge is -2.22. The average Bonchev–Trinajstić information content (AvgIpc) is 2.60. The molecule has 0 aromatic carbocycles. The van der Waals surface area contributed by atoms with Gasteiger partial charge in [0.2, 0.25) is 5.88 Å². The van der Waals surface area contributed by atoms with Gasteiger partial charge < -0.3 is 9.64 Å². The second-order valence-corrected chi connectivity index (χ2v) is 5.18. The smallest absolute Gasteiger partial charge is 0.255 e. The van der Waals surface area contributed by atoms with Crippen molar-refractivity contribution in [1.29, 1.82) is 0 Å². The Kier molecular flexibility index (Phi) is 6.54. The standard InChI is InChI=1S/C18H23N3O2/c1-3-12-21(13-10-16-7-5-6-11-19-16)18(22)15-8-9-17(20-14-15)23-4-2/h5-9,11,14H,3-4,10,12-13H2,1-2H3. The fourth-order valence-electron chi connectivity index (χ4n) is 2.30. The molecule has 1 amide bonds. The first-order valence-corrected chi connectivity index (χ1v) is 8.02. The Labute approximate surface area is 137 Å². The van der Waals surface area contributed by atoms with Crippen LogP contribution in [0, 0.1) is 0 Å². The Morgan fingerprint density at radius 2 is 2.00 bits per heavy atom. The quantitative estimate of drug-likeness (QED) is 0.752. The summed E-state index contributed by atoms with van der Waals surface area (Å²) in [6.07, 6.45) is 5.02. The number of carbonyl (C=O) groups excluding carboxylic acids is 1. The summed E-state index contributed by atoms with van der Waals surface area (Å²) >= 11 is 0. The Bertz CT molecular complexity index is 599. The molecule has 5 nitrogen and oxygen atoms in total. The summed E-state index contributed by atoms with van der Waals surface area (Å²) in [7, 11) is 0. The van der Waals surface area contributed by atoms with E-state index in [9.17, 15) is 4.79 Å². The van der Waals surface area contributed by atoms with E-state index in [4.69, 9.17) is 4.74 Å². The van der Waals surface area contributed by atoms with Crippen LogP contribution in [0.5, 0.6) is 5.88 Å². The number of carbonyl (C=O) groups is 1. The highest BCUT2D eigenvalue weighted by atomic mass is 16.5. The third-order valence-corrected chi connectivity index (χ3v) is 3.42. The highest BCUT2D eigenvalue weighted by molar-refractivity contribution is 5.94. The lowest BCUT2D eigenvalue weighted by molar-refractivity contribution is 0.0756. The Hall–Kier alpha value is -2.43. The van der Waals surface area contributed by atoms with Crippen LogP contribution in [0.4, 0.5) is 0 Å². The lowest BCUT2D eigenvalue weighted by atomic mass is 10.2. The molecule has 0 radical (unpaired) electrons. The van der Waals surface area contributed by atoms with Crippen molar-refractivity contribution in [3.05, 3.63) is 54.0 Å². The van der Waals surface area contributed by atoms with Gasteiger partial charge in [0, 0.05) is 43.7 Å². The van der Waals surface area contributed by atoms with E-state index in [2.05, 4.69) is 16.9 Å². The number of ether oxygens (including phenoxy) is 1. The van der Waals surface area contributed by atoms with Crippen LogP contribution < -0.4 is 4.74 Å². The summed E-state index contributed by atoms with van der Waals surface area (Å²) in [6.45, 7) is 5.90. The molecule has 0 unspecified atom stereocenters. The minimum atomic E-state index is -0.00155. The molecular weight excluding hydrogens is 290 g/mol. The number of nitrogens with zero attached hydrogens (tertiary/aromatic N) is 3. The highest BCUT2D eigenvalue weighted by Gasteiger charge is 2.15. The molecule has 122 valence electrons. The van der Waals surface area contributed by atoms with Gasteiger partial charge in [0.1, 0.15) is 0 Å². The maximum absolute atomic E-state index is 12.6. The Morgan fingerprint density at radius 1 is 1.13 bits per heavy atom. The summed E-state index contributed by atoms with van der Waals surface area (Å²) in [4.78, 5) is 23.0. The van der Waals surface area contributed by atoms with E-state index in [-0.39, 0.29) is 5.91 Å². The zero-order valence-corrected chi connectivity index (χ0v) is 13.7. The molecule has 2 heterocycles. The van der Waals surface area contributed by atoms with Crippen molar-refractivity contribution in [1.82, 2.24) is 14.9 Å². The molecule has 2 aromatic heterocycles. The van der Waals surface area contributed by atoms with Crippen LogP contribution in [0.2, 0.25) is 0 Å².